The number of hydrogen-bond acceptors (Lipinski definition) is 2. The molecular formula is C22H26N2O2. The van der Waals surface area contributed by atoms with Gasteiger partial charge >= 0.3 is 0 Å². The zero-order chi connectivity index (χ0) is 18.7. The van der Waals surface area contributed by atoms with E-state index in [1.807, 2.05) is 54.6 Å². The van der Waals surface area contributed by atoms with Crippen molar-refractivity contribution >= 4 is 17.5 Å². The number of anilines is 1. The summed E-state index contributed by atoms with van der Waals surface area (Å²) in [7, 11) is 1.80. The molecule has 0 spiro atoms. The van der Waals surface area contributed by atoms with Crippen molar-refractivity contribution in [3.63, 3.8) is 0 Å². The second kappa shape index (κ2) is 7.73. The Labute approximate surface area is 155 Å². The van der Waals surface area contributed by atoms with Crippen molar-refractivity contribution in [2.24, 2.45) is 11.8 Å². The molecule has 0 bridgehead atoms. The van der Waals surface area contributed by atoms with Crippen molar-refractivity contribution < 1.29 is 9.59 Å². The van der Waals surface area contributed by atoms with Gasteiger partial charge in [0.2, 0.25) is 11.8 Å². The molecule has 2 aromatic carbocycles. The van der Waals surface area contributed by atoms with Gasteiger partial charge < -0.3 is 10.2 Å². The summed E-state index contributed by atoms with van der Waals surface area (Å²) in [5.74, 6) is -0.0910. The molecule has 1 saturated carbocycles. The third-order valence-corrected chi connectivity index (χ3v) is 4.92. The molecule has 2 unspecified atom stereocenters. The number of amides is 2. The van der Waals surface area contributed by atoms with E-state index < -0.39 is 0 Å². The number of hydrogen-bond donors (Lipinski definition) is 1. The van der Waals surface area contributed by atoms with Gasteiger partial charge in [0, 0.05) is 19.3 Å². The van der Waals surface area contributed by atoms with Gasteiger partial charge in [-0.25, -0.2) is 0 Å². The Bertz CT molecular complexity index is 786. The SMILES string of the molecule is CC(C)c1ccccc1NC(=O)C1CC1C(=O)N(C)Cc1ccccc1. The third-order valence-electron chi connectivity index (χ3n) is 4.92. The highest BCUT2D eigenvalue weighted by Crippen LogP contribution is 2.41. The Hall–Kier alpha value is -2.62. The van der Waals surface area contributed by atoms with Gasteiger partial charge in [-0.3, -0.25) is 9.59 Å². The molecule has 3 rings (SSSR count). The number of nitrogens with one attached hydrogen (secondary N) is 1. The molecule has 136 valence electrons. The fraction of sp³-hybridized carbons (Fsp3) is 0.364. The van der Waals surface area contributed by atoms with Gasteiger partial charge in [-0.05, 0) is 29.5 Å². The van der Waals surface area contributed by atoms with Gasteiger partial charge in [0.05, 0.1) is 11.8 Å². The van der Waals surface area contributed by atoms with Crippen LogP contribution in [0.4, 0.5) is 5.69 Å². The van der Waals surface area contributed by atoms with E-state index in [0.29, 0.717) is 18.9 Å². The topological polar surface area (TPSA) is 49.4 Å². The van der Waals surface area contributed by atoms with Crippen molar-refractivity contribution in [2.75, 3.05) is 12.4 Å². The summed E-state index contributed by atoms with van der Waals surface area (Å²) in [5, 5.41) is 3.02. The van der Waals surface area contributed by atoms with E-state index in [2.05, 4.69) is 19.2 Å². The van der Waals surface area contributed by atoms with E-state index in [4.69, 9.17) is 0 Å². The van der Waals surface area contributed by atoms with Crippen LogP contribution < -0.4 is 5.32 Å². The summed E-state index contributed by atoms with van der Waals surface area (Å²) >= 11 is 0. The number of para-hydroxylation sites is 1. The van der Waals surface area contributed by atoms with Gasteiger partial charge in [-0.1, -0.05) is 62.4 Å². The molecule has 2 aromatic rings. The van der Waals surface area contributed by atoms with Crippen molar-refractivity contribution in [1.29, 1.82) is 0 Å². The Morgan fingerprint density at radius 2 is 1.69 bits per heavy atom. The van der Waals surface area contributed by atoms with Crippen molar-refractivity contribution in [2.45, 2.75) is 32.7 Å². The maximum absolute atomic E-state index is 12.6. The first-order chi connectivity index (χ1) is 12.5. The smallest absolute Gasteiger partial charge is 0.228 e. The van der Waals surface area contributed by atoms with Crippen LogP contribution in [0, 0.1) is 11.8 Å². The fourth-order valence-corrected chi connectivity index (χ4v) is 3.32. The lowest BCUT2D eigenvalue weighted by atomic mass is 10.0. The van der Waals surface area contributed by atoms with Crippen LogP contribution >= 0.6 is 0 Å². The Balaban J connectivity index is 1.58. The number of carbonyl (C=O) groups excluding carboxylic acids is 2. The van der Waals surface area contributed by atoms with E-state index in [1.54, 1.807) is 11.9 Å². The minimum absolute atomic E-state index is 0.0474. The van der Waals surface area contributed by atoms with Crippen LogP contribution in [-0.4, -0.2) is 23.8 Å². The van der Waals surface area contributed by atoms with Crippen LogP contribution in [0.3, 0.4) is 0 Å². The first kappa shape index (κ1) is 18.2. The normalized spacial score (nSPS) is 18.5. The largest absolute Gasteiger partial charge is 0.341 e. The number of rotatable bonds is 6. The first-order valence-corrected chi connectivity index (χ1v) is 9.16. The quantitative estimate of drug-likeness (QED) is 0.855. The number of carbonyl (C=O) groups is 2. The molecule has 0 aliphatic heterocycles. The van der Waals surface area contributed by atoms with Gasteiger partial charge in [0.25, 0.3) is 0 Å². The number of benzene rings is 2. The molecular weight excluding hydrogens is 324 g/mol. The average molecular weight is 350 g/mol. The van der Waals surface area contributed by atoms with Crippen LogP contribution in [-0.2, 0) is 16.1 Å². The van der Waals surface area contributed by atoms with E-state index in [1.165, 1.54) is 0 Å². The lowest BCUT2D eigenvalue weighted by molar-refractivity contribution is -0.133. The predicted molar refractivity (Wildman–Crippen MR) is 104 cm³/mol. The molecule has 26 heavy (non-hydrogen) atoms. The molecule has 0 aromatic heterocycles. The lowest BCUT2D eigenvalue weighted by Crippen LogP contribution is -2.29. The highest BCUT2D eigenvalue weighted by molar-refractivity contribution is 5.99. The summed E-state index contributed by atoms with van der Waals surface area (Å²) in [6.45, 7) is 4.78. The second-order valence-corrected chi connectivity index (χ2v) is 7.36. The highest BCUT2D eigenvalue weighted by atomic mass is 16.2. The molecule has 4 nitrogen and oxygen atoms in total. The molecule has 0 heterocycles. The van der Waals surface area contributed by atoms with Crippen LogP contribution in [0.25, 0.3) is 0 Å². The molecule has 0 saturated heterocycles. The summed E-state index contributed by atoms with van der Waals surface area (Å²) in [6.07, 6.45) is 0.633. The number of nitrogens with zero attached hydrogens (tertiary/aromatic N) is 1. The second-order valence-electron chi connectivity index (χ2n) is 7.36. The Kier molecular flexibility index (Phi) is 5.40. The van der Waals surface area contributed by atoms with Crippen molar-refractivity contribution in [1.82, 2.24) is 4.90 Å². The lowest BCUT2D eigenvalue weighted by Gasteiger charge is -2.17. The van der Waals surface area contributed by atoms with Crippen LogP contribution in [0.1, 0.15) is 37.3 Å². The first-order valence-electron chi connectivity index (χ1n) is 9.16. The van der Waals surface area contributed by atoms with Gasteiger partial charge in [0.1, 0.15) is 0 Å². The van der Waals surface area contributed by atoms with Crippen molar-refractivity contribution in [3.8, 4) is 0 Å². The molecule has 1 aliphatic rings. The molecule has 2 amide bonds. The zero-order valence-corrected chi connectivity index (χ0v) is 15.6. The van der Waals surface area contributed by atoms with Gasteiger partial charge in [0.15, 0.2) is 0 Å². The van der Waals surface area contributed by atoms with Crippen LogP contribution in [0.15, 0.2) is 54.6 Å². The minimum atomic E-state index is -0.221. The van der Waals surface area contributed by atoms with Gasteiger partial charge in [-0.2, -0.15) is 0 Å². The maximum atomic E-state index is 12.6. The molecule has 1 N–H and O–H groups in total. The van der Waals surface area contributed by atoms with Crippen LogP contribution in [0.5, 0.6) is 0 Å². The maximum Gasteiger partial charge on any atom is 0.228 e. The molecule has 2 atom stereocenters. The van der Waals surface area contributed by atoms with E-state index >= 15 is 0 Å². The third kappa shape index (κ3) is 4.13. The Morgan fingerprint density at radius 1 is 1.04 bits per heavy atom. The molecule has 0 radical (unpaired) electrons. The highest BCUT2D eigenvalue weighted by Gasteiger charge is 2.49. The molecule has 1 fully saturated rings. The summed E-state index contributed by atoms with van der Waals surface area (Å²) in [5.41, 5.74) is 3.06. The fourth-order valence-electron chi connectivity index (χ4n) is 3.32. The summed E-state index contributed by atoms with van der Waals surface area (Å²) < 4.78 is 0. The average Bonchev–Trinajstić information content (AvgIpc) is 3.43. The van der Waals surface area contributed by atoms with Crippen LogP contribution in [0.2, 0.25) is 0 Å². The van der Waals surface area contributed by atoms with Crippen molar-refractivity contribution in [3.05, 3.63) is 65.7 Å². The summed E-state index contributed by atoms with van der Waals surface area (Å²) in [4.78, 5) is 26.9. The van der Waals surface area contributed by atoms with E-state index in [0.717, 1.165) is 16.8 Å². The van der Waals surface area contributed by atoms with E-state index in [9.17, 15) is 9.59 Å². The molecule has 1 aliphatic carbocycles. The molecule has 4 heteroatoms. The summed E-state index contributed by atoms with van der Waals surface area (Å²) in [6, 6.07) is 17.8. The monoisotopic (exact) mass is 350 g/mol. The zero-order valence-electron chi connectivity index (χ0n) is 15.6. The van der Waals surface area contributed by atoms with Gasteiger partial charge in [-0.15, -0.1) is 0 Å². The predicted octanol–water partition coefficient (Wildman–Crippen LogP) is 4.04. The van der Waals surface area contributed by atoms with E-state index in [-0.39, 0.29) is 23.7 Å². The Morgan fingerprint density at radius 3 is 2.38 bits per heavy atom. The minimum Gasteiger partial charge on any atom is -0.341 e. The standard InChI is InChI=1S/C22H26N2O2/c1-15(2)17-11-7-8-12-20(17)23-21(25)18-13-19(18)22(26)24(3)14-16-9-5-4-6-10-16/h4-12,15,18-19H,13-14H2,1-3H3,(H,23,25).